The Bertz CT molecular complexity index is 461. The van der Waals surface area contributed by atoms with Gasteiger partial charge in [0.05, 0.1) is 18.1 Å². The molecular weight excluding hydrogens is 246 g/mol. The zero-order valence-corrected chi connectivity index (χ0v) is 13.3. The largest absolute Gasteiger partial charge is 0.330 e. The summed E-state index contributed by atoms with van der Waals surface area (Å²) >= 11 is 0. The molecule has 1 heterocycles. The number of nitrogens with zero attached hydrogens (tertiary/aromatic N) is 2. The lowest BCUT2D eigenvalue weighted by Crippen LogP contribution is -2.44. The maximum atomic E-state index is 4.71. The van der Waals surface area contributed by atoms with Crippen LogP contribution < -0.4 is 5.32 Å². The van der Waals surface area contributed by atoms with E-state index in [1.165, 1.54) is 56.3 Å². The molecule has 1 aromatic rings. The Morgan fingerprint density at radius 3 is 2.95 bits per heavy atom. The van der Waals surface area contributed by atoms with Crippen molar-refractivity contribution in [3.8, 4) is 0 Å². The van der Waals surface area contributed by atoms with Gasteiger partial charge in [0.2, 0.25) is 0 Å². The van der Waals surface area contributed by atoms with Gasteiger partial charge in [-0.15, -0.1) is 0 Å². The summed E-state index contributed by atoms with van der Waals surface area (Å²) in [5.74, 6) is 0. The van der Waals surface area contributed by atoms with Gasteiger partial charge < -0.3 is 9.88 Å². The summed E-state index contributed by atoms with van der Waals surface area (Å²) in [6, 6.07) is 1.21. The van der Waals surface area contributed by atoms with E-state index in [2.05, 4.69) is 37.0 Å². The zero-order chi connectivity index (χ0) is 14.2. The third-order valence-electron chi connectivity index (χ3n) is 5.24. The summed E-state index contributed by atoms with van der Waals surface area (Å²) in [5.41, 5.74) is 3.36. The van der Waals surface area contributed by atoms with Crippen LogP contribution in [0.5, 0.6) is 0 Å². The van der Waals surface area contributed by atoms with Crippen LogP contribution in [0.15, 0.2) is 6.33 Å². The Labute approximate surface area is 123 Å². The first kappa shape index (κ1) is 14.1. The predicted molar refractivity (Wildman–Crippen MR) is 83.0 cm³/mol. The number of likely N-dealkylation sites (N-methyl/N-ethyl adjacent to an activating group) is 1. The Balaban J connectivity index is 1.89. The van der Waals surface area contributed by atoms with Gasteiger partial charge >= 0.3 is 0 Å². The van der Waals surface area contributed by atoms with E-state index in [1.54, 1.807) is 0 Å². The topological polar surface area (TPSA) is 29.9 Å². The third kappa shape index (κ3) is 2.65. The van der Waals surface area contributed by atoms with E-state index in [4.69, 9.17) is 4.98 Å². The fraction of sp³-hybridized carbons (Fsp3) is 0.824. The first-order chi connectivity index (χ1) is 9.61. The highest BCUT2D eigenvalue weighted by Gasteiger charge is 2.36. The average molecular weight is 275 g/mol. The van der Waals surface area contributed by atoms with Gasteiger partial charge in [-0.05, 0) is 56.9 Å². The summed E-state index contributed by atoms with van der Waals surface area (Å²) in [6.45, 7) is 8.13. The lowest BCUT2D eigenvalue weighted by Gasteiger charge is -2.42. The van der Waals surface area contributed by atoms with E-state index < -0.39 is 0 Å². The first-order valence-corrected chi connectivity index (χ1v) is 8.39. The van der Waals surface area contributed by atoms with Crippen molar-refractivity contribution >= 4 is 0 Å². The smallest absolute Gasteiger partial charge is 0.0954 e. The fourth-order valence-electron chi connectivity index (χ4n) is 4.12. The molecular formula is C17H29N3. The van der Waals surface area contributed by atoms with Crippen LogP contribution in [0.1, 0.15) is 70.3 Å². The summed E-state index contributed by atoms with van der Waals surface area (Å²) < 4.78 is 2.53. The van der Waals surface area contributed by atoms with Crippen LogP contribution in [0.2, 0.25) is 0 Å². The van der Waals surface area contributed by atoms with E-state index in [-0.39, 0.29) is 0 Å². The second-order valence-corrected chi connectivity index (χ2v) is 7.39. The van der Waals surface area contributed by atoms with Crippen molar-refractivity contribution in [2.24, 2.45) is 5.41 Å². The van der Waals surface area contributed by atoms with Crippen LogP contribution in [-0.4, -0.2) is 22.1 Å². The second kappa shape index (κ2) is 5.51. The van der Waals surface area contributed by atoms with Gasteiger partial charge in [0, 0.05) is 11.7 Å². The number of nitrogens with one attached hydrogen (secondary N) is 1. The molecule has 3 heteroatoms. The molecule has 20 heavy (non-hydrogen) atoms. The average Bonchev–Trinajstić information content (AvgIpc) is 2.84. The highest BCUT2D eigenvalue weighted by molar-refractivity contribution is 5.18. The molecule has 1 aromatic heterocycles. The molecule has 2 unspecified atom stereocenters. The number of imidazole rings is 1. The van der Waals surface area contributed by atoms with E-state index in [0.717, 1.165) is 6.54 Å². The quantitative estimate of drug-likeness (QED) is 0.915. The van der Waals surface area contributed by atoms with Crippen molar-refractivity contribution in [2.75, 3.05) is 6.54 Å². The van der Waals surface area contributed by atoms with Crippen molar-refractivity contribution in [3.63, 3.8) is 0 Å². The van der Waals surface area contributed by atoms with E-state index >= 15 is 0 Å². The van der Waals surface area contributed by atoms with Gasteiger partial charge in [-0.3, -0.25) is 0 Å². The summed E-state index contributed by atoms with van der Waals surface area (Å²) in [4.78, 5) is 4.71. The Morgan fingerprint density at radius 2 is 2.15 bits per heavy atom. The lowest BCUT2D eigenvalue weighted by molar-refractivity contribution is 0.141. The summed E-state index contributed by atoms with van der Waals surface area (Å²) in [5, 5.41) is 3.72. The van der Waals surface area contributed by atoms with Gasteiger partial charge in [0.1, 0.15) is 0 Å². The van der Waals surface area contributed by atoms with Crippen molar-refractivity contribution < 1.29 is 0 Å². The molecule has 2 atom stereocenters. The molecule has 1 N–H and O–H groups in total. The molecule has 2 aliphatic carbocycles. The Kier molecular flexibility index (Phi) is 3.89. The highest BCUT2D eigenvalue weighted by atomic mass is 15.1. The number of aromatic nitrogens is 2. The van der Waals surface area contributed by atoms with Gasteiger partial charge in [0.15, 0.2) is 0 Å². The SMILES string of the molecule is CCNC1CCC(C)(C)CC1n1cnc2c1CCCC2. The highest BCUT2D eigenvalue weighted by Crippen LogP contribution is 2.42. The minimum atomic E-state index is 0.461. The van der Waals surface area contributed by atoms with Gasteiger partial charge in [-0.2, -0.15) is 0 Å². The molecule has 0 aromatic carbocycles. The van der Waals surface area contributed by atoms with Crippen LogP contribution in [-0.2, 0) is 12.8 Å². The van der Waals surface area contributed by atoms with Crippen molar-refractivity contribution in [1.29, 1.82) is 0 Å². The molecule has 2 aliphatic rings. The second-order valence-electron chi connectivity index (χ2n) is 7.39. The van der Waals surface area contributed by atoms with Crippen molar-refractivity contribution in [3.05, 3.63) is 17.7 Å². The molecule has 0 aliphatic heterocycles. The Morgan fingerprint density at radius 1 is 1.35 bits per heavy atom. The number of rotatable bonds is 3. The molecule has 0 radical (unpaired) electrons. The molecule has 0 saturated heterocycles. The minimum absolute atomic E-state index is 0.461. The number of hydrogen-bond acceptors (Lipinski definition) is 2. The van der Waals surface area contributed by atoms with Gasteiger partial charge in [-0.25, -0.2) is 4.98 Å². The molecule has 3 nitrogen and oxygen atoms in total. The standard InChI is InChI=1S/C17H29N3/c1-4-18-14-9-10-17(2,3)11-16(14)20-12-19-13-7-5-6-8-15(13)20/h12,14,16,18H,4-11H2,1-3H3. The molecule has 0 spiro atoms. The normalized spacial score (nSPS) is 29.1. The molecule has 3 rings (SSSR count). The van der Waals surface area contributed by atoms with E-state index in [9.17, 15) is 0 Å². The van der Waals surface area contributed by atoms with Crippen LogP contribution in [0, 0.1) is 5.41 Å². The maximum Gasteiger partial charge on any atom is 0.0954 e. The van der Waals surface area contributed by atoms with Crippen LogP contribution in [0.3, 0.4) is 0 Å². The fourth-order valence-corrected chi connectivity index (χ4v) is 4.12. The van der Waals surface area contributed by atoms with E-state index in [0.29, 0.717) is 17.5 Å². The lowest BCUT2D eigenvalue weighted by atomic mass is 9.72. The van der Waals surface area contributed by atoms with E-state index in [1.807, 2.05) is 0 Å². The Hall–Kier alpha value is -0.830. The maximum absolute atomic E-state index is 4.71. The van der Waals surface area contributed by atoms with Crippen LogP contribution in [0.25, 0.3) is 0 Å². The molecule has 1 fully saturated rings. The monoisotopic (exact) mass is 275 g/mol. The first-order valence-electron chi connectivity index (χ1n) is 8.39. The molecule has 112 valence electrons. The van der Waals surface area contributed by atoms with Crippen molar-refractivity contribution in [1.82, 2.24) is 14.9 Å². The van der Waals surface area contributed by atoms with Crippen LogP contribution >= 0.6 is 0 Å². The third-order valence-corrected chi connectivity index (χ3v) is 5.24. The summed E-state index contributed by atoms with van der Waals surface area (Å²) in [6.07, 6.45) is 11.1. The van der Waals surface area contributed by atoms with Gasteiger partial charge in [0.25, 0.3) is 0 Å². The zero-order valence-electron chi connectivity index (χ0n) is 13.3. The molecule has 0 amide bonds. The number of fused-ring (bicyclic) bond motifs is 1. The van der Waals surface area contributed by atoms with Crippen LogP contribution in [0.4, 0.5) is 0 Å². The number of hydrogen-bond donors (Lipinski definition) is 1. The van der Waals surface area contributed by atoms with Gasteiger partial charge in [-0.1, -0.05) is 20.8 Å². The molecule has 0 bridgehead atoms. The predicted octanol–water partition coefficient (Wildman–Crippen LogP) is 3.49. The van der Waals surface area contributed by atoms with Crippen molar-refractivity contribution in [2.45, 2.75) is 77.8 Å². The minimum Gasteiger partial charge on any atom is -0.330 e. The summed E-state index contributed by atoms with van der Waals surface area (Å²) in [7, 11) is 0. The molecule has 1 saturated carbocycles. The number of aryl methyl sites for hydroxylation is 1.